The Labute approximate surface area is 162 Å². The van der Waals surface area contributed by atoms with Crippen LogP contribution in [-0.4, -0.2) is 13.3 Å². The van der Waals surface area contributed by atoms with Crippen molar-refractivity contribution in [1.82, 2.24) is 4.72 Å². The Morgan fingerprint density at radius 1 is 1.23 bits per heavy atom. The predicted molar refractivity (Wildman–Crippen MR) is 102 cm³/mol. The zero-order valence-electron chi connectivity index (χ0n) is 13.5. The van der Waals surface area contributed by atoms with E-state index in [1.54, 1.807) is 12.1 Å². The fraction of sp³-hybridized carbons (Fsp3) is 0.250. The molecule has 1 aliphatic carbocycles. The molecule has 0 heterocycles. The second-order valence-corrected chi connectivity index (χ2v) is 8.01. The molecule has 140 valence electrons. The molecule has 0 amide bonds. The molecule has 1 aliphatic rings. The average Bonchev–Trinajstić information content (AvgIpc) is 2.54. The van der Waals surface area contributed by atoms with Crippen LogP contribution in [0.4, 0.5) is 11.4 Å². The number of nitrogens with zero attached hydrogens (tertiary/aromatic N) is 1. The summed E-state index contributed by atoms with van der Waals surface area (Å²) in [6.45, 7) is 0. The van der Waals surface area contributed by atoms with E-state index in [0.29, 0.717) is 12.1 Å². The molecule has 3 N–H and O–H groups in total. The number of hydrogen-bond acceptors (Lipinski definition) is 5. The van der Waals surface area contributed by atoms with Crippen molar-refractivity contribution in [3.63, 3.8) is 0 Å². The number of nitro groups is 1. The summed E-state index contributed by atoms with van der Waals surface area (Å²) >= 11 is 5.75. The third-order valence-corrected chi connectivity index (χ3v) is 5.94. The Hall–Kier alpha value is -1.87. The molecule has 0 saturated heterocycles. The number of nitrogens with two attached hydrogens (primary N) is 1. The molecule has 7 nitrogen and oxygen atoms in total. The molecular formula is C16H17Cl2N3O4S. The van der Waals surface area contributed by atoms with Gasteiger partial charge in [-0.2, -0.15) is 0 Å². The van der Waals surface area contributed by atoms with Crippen LogP contribution in [0.1, 0.15) is 30.0 Å². The maximum absolute atomic E-state index is 12.7. The molecule has 0 aliphatic heterocycles. The van der Waals surface area contributed by atoms with Crippen LogP contribution in [0.5, 0.6) is 0 Å². The van der Waals surface area contributed by atoms with Gasteiger partial charge >= 0.3 is 0 Å². The molecule has 0 bridgehead atoms. The SMILES string of the molecule is Cl.Nc1ccc2c(c1)CCCC2NS(=O)(=O)c1ccc(Cl)cc1[N+](=O)[O-]. The molecule has 1 atom stereocenters. The lowest BCUT2D eigenvalue weighted by Crippen LogP contribution is -2.31. The van der Waals surface area contributed by atoms with Crippen LogP contribution in [0.15, 0.2) is 41.3 Å². The summed E-state index contributed by atoms with van der Waals surface area (Å²) in [5, 5.41) is 11.3. The molecular weight excluding hydrogens is 401 g/mol. The van der Waals surface area contributed by atoms with Crippen molar-refractivity contribution in [2.75, 3.05) is 5.73 Å². The van der Waals surface area contributed by atoms with Crippen LogP contribution < -0.4 is 10.5 Å². The van der Waals surface area contributed by atoms with Gasteiger partial charge in [0.25, 0.3) is 5.69 Å². The second-order valence-electron chi connectivity index (χ2n) is 5.89. The molecule has 26 heavy (non-hydrogen) atoms. The molecule has 10 heteroatoms. The van der Waals surface area contributed by atoms with Crippen LogP contribution in [-0.2, 0) is 16.4 Å². The molecule has 0 spiro atoms. The number of nitrogen functional groups attached to an aromatic ring is 1. The Morgan fingerprint density at radius 3 is 2.65 bits per heavy atom. The van der Waals surface area contributed by atoms with Gasteiger partial charge in [-0.25, -0.2) is 13.1 Å². The van der Waals surface area contributed by atoms with Crippen LogP contribution >= 0.6 is 24.0 Å². The minimum atomic E-state index is -4.09. The van der Waals surface area contributed by atoms with E-state index in [1.165, 1.54) is 6.07 Å². The largest absolute Gasteiger partial charge is 0.399 e. The molecule has 2 aromatic rings. The monoisotopic (exact) mass is 417 g/mol. The first kappa shape index (κ1) is 20.4. The fourth-order valence-electron chi connectivity index (χ4n) is 3.07. The number of anilines is 1. The minimum absolute atomic E-state index is 0. The Bertz CT molecular complexity index is 951. The number of aryl methyl sites for hydroxylation is 1. The van der Waals surface area contributed by atoms with Gasteiger partial charge < -0.3 is 5.73 Å². The van der Waals surface area contributed by atoms with Crippen molar-refractivity contribution in [2.45, 2.75) is 30.2 Å². The highest BCUT2D eigenvalue weighted by molar-refractivity contribution is 7.89. The van der Waals surface area contributed by atoms with E-state index in [1.807, 2.05) is 6.07 Å². The third kappa shape index (κ3) is 4.09. The van der Waals surface area contributed by atoms with Gasteiger partial charge in [0.2, 0.25) is 10.0 Å². The number of hydrogen-bond donors (Lipinski definition) is 2. The van der Waals surface area contributed by atoms with Crippen molar-refractivity contribution in [1.29, 1.82) is 0 Å². The van der Waals surface area contributed by atoms with Crippen LogP contribution in [0, 0.1) is 10.1 Å². The average molecular weight is 418 g/mol. The van der Waals surface area contributed by atoms with Crippen LogP contribution in [0.25, 0.3) is 0 Å². The lowest BCUT2D eigenvalue weighted by atomic mass is 9.88. The summed E-state index contributed by atoms with van der Waals surface area (Å²) in [6, 6.07) is 8.40. The fourth-order valence-corrected chi connectivity index (χ4v) is 4.64. The summed E-state index contributed by atoms with van der Waals surface area (Å²) in [7, 11) is -4.09. The predicted octanol–water partition coefficient (Wildman–Crippen LogP) is 3.61. The summed E-state index contributed by atoms with van der Waals surface area (Å²) in [4.78, 5) is 10.0. The van der Waals surface area contributed by atoms with Gasteiger partial charge in [0.15, 0.2) is 4.90 Å². The highest BCUT2D eigenvalue weighted by Crippen LogP contribution is 2.34. The molecule has 1 unspecified atom stereocenters. The van der Waals surface area contributed by atoms with E-state index in [0.717, 1.165) is 36.1 Å². The molecule has 0 fully saturated rings. The van der Waals surface area contributed by atoms with Gasteiger partial charge in [-0.3, -0.25) is 10.1 Å². The van der Waals surface area contributed by atoms with E-state index in [-0.39, 0.29) is 17.4 Å². The highest BCUT2D eigenvalue weighted by Gasteiger charge is 2.30. The zero-order valence-corrected chi connectivity index (χ0v) is 15.9. The van der Waals surface area contributed by atoms with Gasteiger partial charge in [-0.05, 0) is 54.7 Å². The van der Waals surface area contributed by atoms with Crippen molar-refractivity contribution >= 4 is 45.4 Å². The number of nitro benzene ring substituents is 1. The van der Waals surface area contributed by atoms with Gasteiger partial charge in [0, 0.05) is 22.8 Å². The van der Waals surface area contributed by atoms with E-state index in [9.17, 15) is 18.5 Å². The molecule has 0 radical (unpaired) electrons. The summed E-state index contributed by atoms with van der Waals surface area (Å²) in [6.07, 6.45) is 2.23. The number of sulfonamides is 1. The molecule has 2 aromatic carbocycles. The Balaban J connectivity index is 0.00000243. The first-order valence-corrected chi connectivity index (χ1v) is 9.48. The molecule has 3 rings (SSSR count). The lowest BCUT2D eigenvalue weighted by molar-refractivity contribution is -0.387. The number of benzene rings is 2. The summed E-state index contributed by atoms with van der Waals surface area (Å²) in [5.74, 6) is 0. The third-order valence-electron chi connectivity index (χ3n) is 4.19. The lowest BCUT2D eigenvalue weighted by Gasteiger charge is -2.26. The van der Waals surface area contributed by atoms with Gasteiger partial charge in [0.1, 0.15) is 0 Å². The smallest absolute Gasteiger partial charge is 0.290 e. The van der Waals surface area contributed by atoms with Crippen LogP contribution in [0.2, 0.25) is 5.02 Å². The van der Waals surface area contributed by atoms with Crippen molar-refractivity contribution in [3.05, 3.63) is 62.7 Å². The maximum Gasteiger partial charge on any atom is 0.290 e. The number of fused-ring (bicyclic) bond motifs is 1. The van der Waals surface area contributed by atoms with Crippen molar-refractivity contribution in [3.8, 4) is 0 Å². The zero-order chi connectivity index (χ0) is 18.2. The Morgan fingerprint density at radius 2 is 1.96 bits per heavy atom. The van der Waals surface area contributed by atoms with E-state index in [2.05, 4.69) is 4.72 Å². The van der Waals surface area contributed by atoms with E-state index < -0.39 is 31.6 Å². The normalized spacial score (nSPS) is 16.4. The highest BCUT2D eigenvalue weighted by atomic mass is 35.5. The minimum Gasteiger partial charge on any atom is -0.399 e. The van der Waals surface area contributed by atoms with Crippen molar-refractivity contribution < 1.29 is 13.3 Å². The number of halogens is 2. The first-order valence-electron chi connectivity index (χ1n) is 7.62. The first-order chi connectivity index (χ1) is 11.8. The summed E-state index contributed by atoms with van der Waals surface area (Å²) in [5.41, 5.74) is 7.70. The van der Waals surface area contributed by atoms with Gasteiger partial charge in [-0.15, -0.1) is 12.4 Å². The molecule has 0 aromatic heterocycles. The topological polar surface area (TPSA) is 115 Å². The summed E-state index contributed by atoms with van der Waals surface area (Å²) < 4.78 is 28.0. The van der Waals surface area contributed by atoms with E-state index in [4.69, 9.17) is 17.3 Å². The van der Waals surface area contributed by atoms with E-state index >= 15 is 0 Å². The quantitative estimate of drug-likeness (QED) is 0.447. The van der Waals surface area contributed by atoms with Crippen molar-refractivity contribution in [2.24, 2.45) is 0 Å². The number of rotatable bonds is 4. The number of nitrogens with one attached hydrogen (secondary N) is 1. The second kappa shape index (κ2) is 7.79. The maximum atomic E-state index is 12.7. The standard InChI is InChI=1S/C16H16ClN3O4S.ClH/c17-11-4-7-16(15(9-11)20(21)22)25(23,24)19-14-3-1-2-10-8-12(18)5-6-13(10)14;/h4-9,14,19H,1-3,18H2;1H. The van der Waals surface area contributed by atoms with Crippen LogP contribution in [0.3, 0.4) is 0 Å². The van der Waals surface area contributed by atoms with Gasteiger partial charge in [-0.1, -0.05) is 17.7 Å². The van der Waals surface area contributed by atoms with Gasteiger partial charge in [0.05, 0.1) is 4.92 Å². The molecule has 0 saturated carbocycles. The Kier molecular flexibility index (Phi) is 6.13.